The number of benzene rings is 1. The second kappa shape index (κ2) is 8.06. The van der Waals surface area contributed by atoms with Gasteiger partial charge in [0, 0.05) is 32.8 Å². The standard InChI is InChI=1S/C16H25N3O4S/c1-2-19-24(21,22)14-5-3-13(4-6-14)11-18-15(20)16(12-17)7-9-23-10-8-16/h3-6,19H,2,7-12,17H2,1H3,(H,18,20). The molecule has 7 nitrogen and oxygen atoms in total. The molecule has 1 fully saturated rings. The zero-order valence-corrected chi connectivity index (χ0v) is 14.7. The minimum atomic E-state index is -3.46. The summed E-state index contributed by atoms with van der Waals surface area (Å²) in [5.41, 5.74) is 6.08. The molecule has 1 aliphatic heterocycles. The number of carbonyl (C=O) groups excluding carboxylic acids is 1. The molecule has 134 valence electrons. The molecule has 0 spiro atoms. The molecule has 8 heteroatoms. The van der Waals surface area contributed by atoms with Crippen molar-refractivity contribution >= 4 is 15.9 Å². The van der Waals surface area contributed by atoms with Crippen molar-refractivity contribution in [2.45, 2.75) is 31.2 Å². The predicted molar refractivity (Wildman–Crippen MR) is 90.7 cm³/mol. The summed E-state index contributed by atoms with van der Waals surface area (Å²) < 4.78 is 31.5. The van der Waals surface area contributed by atoms with Gasteiger partial charge in [-0.15, -0.1) is 0 Å². The Bertz CT molecular complexity index is 652. The molecular formula is C16H25N3O4S. The highest BCUT2D eigenvalue weighted by molar-refractivity contribution is 7.89. The van der Waals surface area contributed by atoms with Gasteiger partial charge in [0.25, 0.3) is 0 Å². The third kappa shape index (κ3) is 4.32. The van der Waals surface area contributed by atoms with Crippen molar-refractivity contribution in [1.29, 1.82) is 0 Å². The zero-order chi connectivity index (χ0) is 17.6. The van der Waals surface area contributed by atoms with Crippen LogP contribution in [0.4, 0.5) is 0 Å². The van der Waals surface area contributed by atoms with Gasteiger partial charge in [0.15, 0.2) is 0 Å². The van der Waals surface area contributed by atoms with E-state index in [1.807, 2.05) is 0 Å². The maximum Gasteiger partial charge on any atom is 0.240 e. The predicted octanol–water partition coefficient (Wildman–Crippen LogP) is 0.357. The Morgan fingerprint density at radius 1 is 1.25 bits per heavy atom. The van der Waals surface area contributed by atoms with Crippen LogP contribution in [0, 0.1) is 5.41 Å². The number of nitrogens with two attached hydrogens (primary N) is 1. The number of carbonyl (C=O) groups is 1. The molecule has 4 N–H and O–H groups in total. The van der Waals surface area contributed by atoms with Gasteiger partial charge in [0.05, 0.1) is 10.3 Å². The lowest BCUT2D eigenvalue weighted by molar-refractivity contribution is -0.136. The first-order valence-electron chi connectivity index (χ1n) is 8.08. The van der Waals surface area contributed by atoms with E-state index in [1.54, 1.807) is 19.1 Å². The van der Waals surface area contributed by atoms with E-state index in [9.17, 15) is 13.2 Å². The first-order valence-corrected chi connectivity index (χ1v) is 9.56. The first kappa shape index (κ1) is 18.9. The van der Waals surface area contributed by atoms with E-state index in [0.717, 1.165) is 5.56 Å². The molecule has 1 aliphatic rings. The molecule has 1 aromatic carbocycles. The Morgan fingerprint density at radius 3 is 2.42 bits per heavy atom. The summed E-state index contributed by atoms with van der Waals surface area (Å²) in [6, 6.07) is 6.46. The van der Waals surface area contributed by atoms with Crippen LogP contribution in [-0.4, -0.2) is 40.6 Å². The summed E-state index contributed by atoms with van der Waals surface area (Å²) in [6.07, 6.45) is 1.24. The highest BCUT2D eigenvalue weighted by Crippen LogP contribution is 2.29. The average Bonchev–Trinajstić information content (AvgIpc) is 2.60. The summed E-state index contributed by atoms with van der Waals surface area (Å²) >= 11 is 0. The maximum atomic E-state index is 12.5. The van der Waals surface area contributed by atoms with Crippen LogP contribution in [0.25, 0.3) is 0 Å². The van der Waals surface area contributed by atoms with Crippen molar-refractivity contribution in [2.75, 3.05) is 26.3 Å². The normalized spacial score (nSPS) is 17.4. The van der Waals surface area contributed by atoms with Crippen LogP contribution in [0.2, 0.25) is 0 Å². The Hall–Kier alpha value is -1.48. The van der Waals surface area contributed by atoms with Gasteiger partial charge in [-0.05, 0) is 30.5 Å². The van der Waals surface area contributed by atoms with Crippen LogP contribution >= 0.6 is 0 Å². The molecule has 0 radical (unpaired) electrons. The number of ether oxygens (including phenoxy) is 1. The van der Waals surface area contributed by atoms with E-state index < -0.39 is 15.4 Å². The van der Waals surface area contributed by atoms with E-state index in [2.05, 4.69) is 10.0 Å². The second-order valence-corrected chi connectivity index (χ2v) is 7.69. The summed E-state index contributed by atoms with van der Waals surface area (Å²) in [4.78, 5) is 12.7. The van der Waals surface area contributed by atoms with Crippen molar-refractivity contribution in [1.82, 2.24) is 10.0 Å². The molecule has 1 saturated heterocycles. The lowest BCUT2D eigenvalue weighted by Gasteiger charge is -2.34. The van der Waals surface area contributed by atoms with E-state index in [1.165, 1.54) is 12.1 Å². The fourth-order valence-electron chi connectivity index (χ4n) is 2.72. The molecule has 24 heavy (non-hydrogen) atoms. The quantitative estimate of drug-likeness (QED) is 0.654. The van der Waals surface area contributed by atoms with Gasteiger partial charge in [0.1, 0.15) is 0 Å². The van der Waals surface area contributed by atoms with Gasteiger partial charge < -0.3 is 15.8 Å². The van der Waals surface area contributed by atoms with Gasteiger partial charge in [-0.25, -0.2) is 13.1 Å². The fourth-order valence-corrected chi connectivity index (χ4v) is 3.76. The third-order valence-corrected chi connectivity index (χ3v) is 5.90. The number of amides is 1. The first-order chi connectivity index (χ1) is 11.4. The maximum absolute atomic E-state index is 12.5. The highest BCUT2D eigenvalue weighted by atomic mass is 32.2. The number of sulfonamides is 1. The molecule has 1 amide bonds. The molecule has 0 aliphatic carbocycles. The second-order valence-electron chi connectivity index (χ2n) is 5.92. The summed E-state index contributed by atoms with van der Waals surface area (Å²) in [5.74, 6) is -0.0716. The number of hydrogen-bond donors (Lipinski definition) is 3. The Morgan fingerprint density at radius 2 is 1.88 bits per heavy atom. The SMILES string of the molecule is CCNS(=O)(=O)c1ccc(CNC(=O)C2(CN)CCOCC2)cc1. The Kier molecular flexibility index (Phi) is 6.34. The molecule has 0 atom stereocenters. The average molecular weight is 355 g/mol. The van der Waals surface area contributed by atoms with Gasteiger partial charge in [0.2, 0.25) is 15.9 Å². The minimum absolute atomic E-state index is 0.0716. The van der Waals surface area contributed by atoms with Crippen molar-refractivity contribution in [3.05, 3.63) is 29.8 Å². The number of hydrogen-bond acceptors (Lipinski definition) is 5. The third-order valence-electron chi connectivity index (χ3n) is 4.34. The summed E-state index contributed by atoms with van der Waals surface area (Å²) in [6.45, 7) is 3.78. The van der Waals surface area contributed by atoms with E-state index in [4.69, 9.17) is 10.5 Å². The van der Waals surface area contributed by atoms with Gasteiger partial charge in [-0.1, -0.05) is 19.1 Å². The molecule has 2 rings (SSSR count). The molecule has 0 bridgehead atoms. The Labute approximate surface area is 143 Å². The topological polar surface area (TPSA) is 111 Å². The number of rotatable bonds is 7. The largest absolute Gasteiger partial charge is 0.381 e. The fraction of sp³-hybridized carbons (Fsp3) is 0.562. The monoisotopic (exact) mass is 355 g/mol. The zero-order valence-electron chi connectivity index (χ0n) is 13.9. The van der Waals surface area contributed by atoms with Crippen molar-refractivity contribution in [2.24, 2.45) is 11.1 Å². The van der Waals surface area contributed by atoms with Gasteiger partial charge >= 0.3 is 0 Å². The lowest BCUT2D eigenvalue weighted by atomic mass is 9.79. The van der Waals surface area contributed by atoms with Crippen molar-refractivity contribution < 1.29 is 17.9 Å². The number of nitrogens with one attached hydrogen (secondary N) is 2. The molecule has 0 saturated carbocycles. The molecule has 0 unspecified atom stereocenters. The van der Waals surface area contributed by atoms with E-state index in [0.29, 0.717) is 45.7 Å². The van der Waals surface area contributed by atoms with Crippen molar-refractivity contribution in [3.63, 3.8) is 0 Å². The van der Waals surface area contributed by atoms with Crippen LogP contribution in [-0.2, 0) is 26.1 Å². The lowest BCUT2D eigenvalue weighted by Crippen LogP contribution is -2.48. The van der Waals surface area contributed by atoms with Crippen LogP contribution in [0.5, 0.6) is 0 Å². The molecule has 0 aromatic heterocycles. The Balaban J connectivity index is 1.98. The summed E-state index contributed by atoms with van der Waals surface area (Å²) in [5, 5.41) is 2.90. The van der Waals surface area contributed by atoms with Gasteiger partial charge in [-0.2, -0.15) is 0 Å². The van der Waals surface area contributed by atoms with Crippen molar-refractivity contribution in [3.8, 4) is 0 Å². The smallest absolute Gasteiger partial charge is 0.240 e. The van der Waals surface area contributed by atoms with Crippen LogP contribution in [0.15, 0.2) is 29.2 Å². The van der Waals surface area contributed by atoms with Crippen LogP contribution in [0.3, 0.4) is 0 Å². The van der Waals surface area contributed by atoms with Crippen LogP contribution in [0.1, 0.15) is 25.3 Å². The van der Waals surface area contributed by atoms with E-state index in [-0.39, 0.29) is 10.8 Å². The van der Waals surface area contributed by atoms with Gasteiger partial charge in [-0.3, -0.25) is 4.79 Å². The van der Waals surface area contributed by atoms with Crippen LogP contribution < -0.4 is 15.8 Å². The van der Waals surface area contributed by atoms with E-state index >= 15 is 0 Å². The summed E-state index contributed by atoms with van der Waals surface area (Å²) in [7, 11) is -3.46. The highest BCUT2D eigenvalue weighted by Gasteiger charge is 2.38. The molecule has 1 heterocycles. The minimum Gasteiger partial charge on any atom is -0.381 e. The molecular weight excluding hydrogens is 330 g/mol. The molecule has 1 aromatic rings.